The van der Waals surface area contributed by atoms with Gasteiger partial charge in [0.1, 0.15) is 36.9 Å². The summed E-state index contributed by atoms with van der Waals surface area (Å²) in [6, 6.07) is 22.1. The molecule has 9 heteroatoms. The van der Waals surface area contributed by atoms with Crippen LogP contribution in [0.15, 0.2) is 66.7 Å². The van der Waals surface area contributed by atoms with Crippen LogP contribution in [0.2, 0.25) is 0 Å². The van der Waals surface area contributed by atoms with Crippen LogP contribution in [-0.2, 0) is 17.6 Å². The average Bonchev–Trinajstić information content (AvgIpc) is 3.91. The van der Waals surface area contributed by atoms with Gasteiger partial charge in [-0.25, -0.2) is 0 Å². The molecule has 1 aliphatic rings. The molecule has 260 valence electrons. The van der Waals surface area contributed by atoms with Crippen LogP contribution in [0.1, 0.15) is 43.4 Å². The zero-order valence-electron chi connectivity index (χ0n) is 28.9. The van der Waals surface area contributed by atoms with Crippen molar-refractivity contribution in [3.63, 3.8) is 0 Å². The van der Waals surface area contributed by atoms with Gasteiger partial charge < -0.3 is 44.5 Å². The van der Waals surface area contributed by atoms with Crippen molar-refractivity contribution >= 4 is 0 Å². The number of nitrogens with one attached hydrogen (secondary N) is 2. The second-order valence-corrected chi connectivity index (χ2v) is 12.4. The molecule has 0 saturated heterocycles. The van der Waals surface area contributed by atoms with E-state index in [0.29, 0.717) is 25.7 Å². The Balaban J connectivity index is 0.000000257. The first-order chi connectivity index (χ1) is 22.7. The molecule has 1 aliphatic carbocycles. The molecule has 0 amide bonds. The topological polar surface area (TPSA) is 111 Å². The Morgan fingerprint density at radius 3 is 2.11 bits per heavy atom. The number of methoxy groups -OCH3 is 2. The van der Waals surface area contributed by atoms with Crippen LogP contribution >= 0.6 is 0 Å². The van der Waals surface area contributed by atoms with Crippen LogP contribution in [0.5, 0.6) is 23.0 Å². The number of ether oxygens (including phenoxy) is 5. The predicted molar refractivity (Wildman–Crippen MR) is 187 cm³/mol. The van der Waals surface area contributed by atoms with Gasteiger partial charge in [0.25, 0.3) is 0 Å². The van der Waals surface area contributed by atoms with Gasteiger partial charge in [0, 0.05) is 25.7 Å². The lowest BCUT2D eigenvalue weighted by Crippen LogP contribution is -2.35. The van der Waals surface area contributed by atoms with E-state index >= 15 is 0 Å². The van der Waals surface area contributed by atoms with Crippen molar-refractivity contribution in [3.8, 4) is 23.0 Å². The van der Waals surface area contributed by atoms with E-state index in [-0.39, 0.29) is 6.61 Å². The number of aryl methyl sites for hydroxylation is 1. The molecule has 0 aromatic heterocycles. The lowest BCUT2D eigenvalue weighted by molar-refractivity contribution is 0.104. The molecule has 2 atom stereocenters. The largest absolute Gasteiger partial charge is 0.493 e. The predicted octanol–water partition coefficient (Wildman–Crippen LogP) is 4.98. The third-order valence-corrected chi connectivity index (χ3v) is 7.56. The summed E-state index contributed by atoms with van der Waals surface area (Å²) in [6.07, 6.45) is 3.42. The fourth-order valence-corrected chi connectivity index (χ4v) is 4.59. The first-order valence-corrected chi connectivity index (χ1v) is 16.8. The Morgan fingerprint density at radius 1 is 0.766 bits per heavy atom. The number of benzene rings is 3. The number of aliphatic hydroxyl groups excluding tert-OH is 2. The molecule has 0 aliphatic heterocycles. The van der Waals surface area contributed by atoms with Gasteiger partial charge in [0.2, 0.25) is 0 Å². The third kappa shape index (κ3) is 16.4. The van der Waals surface area contributed by atoms with Crippen molar-refractivity contribution in [2.24, 2.45) is 5.92 Å². The Hall–Kier alpha value is -3.34. The van der Waals surface area contributed by atoms with Gasteiger partial charge in [0.15, 0.2) is 11.5 Å². The van der Waals surface area contributed by atoms with Gasteiger partial charge in [-0.05, 0) is 98.2 Å². The average molecular weight is 653 g/mol. The highest BCUT2D eigenvalue weighted by molar-refractivity contribution is 5.43. The standard InChI is InChI=1S/C20H27NO4.C18H29NO3/c1-15-5-4-6-18(11-15)25-14-17(22)13-21-10-9-16-7-8-19(23-2)20(12-16)24-3;1-14(2)19-11-17(20)13-22-18-7-5-15(6-8-18)9-10-21-12-16-3-4-16/h4-8,11-12,17,21-22H,9-10,13-14H2,1-3H3;5-8,14,16-17,19-20H,3-4,9-13H2,1-2H3. The van der Waals surface area contributed by atoms with Gasteiger partial charge in [0.05, 0.1) is 20.8 Å². The van der Waals surface area contributed by atoms with Gasteiger partial charge in [-0.1, -0.05) is 44.2 Å². The summed E-state index contributed by atoms with van der Waals surface area (Å²) in [5.41, 5.74) is 3.54. The molecule has 1 fully saturated rings. The monoisotopic (exact) mass is 652 g/mol. The van der Waals surface area contributed by atoms with E-state index in [2.05, 4.69) is 36.6 Å². The fraction of sp³-hybridized carbons (Fsp3) is 0.526. The molecule has 3 aromatic carbocycles. The summed E-state index contributed by atoms with van der Waals surface area (Å²) >= 11 is 0. The summed E-state index contributed by atoms with van der Waals surface area (Å²) in [7, 11) is 3.25. The first kappa shape index (κ1) is 38.1. The van der Waals surface area contributed by atoms with Crippen LogP contribution in [0, 0.1) is 12.8 Å². The highest BCUT2D eigenvalue weighted by Crippen LogP contribution is 2.29. The van der Waals surface area contributed by atoms with E-state index in [4.69, 9.17) is 23.7 Å². The molecule has 4 N–H and O–H groups in total. The van der Waals surface area contributed by atoms with Crippen LogP contribution in [-0.4, -0.2) is 88.7 Å². The van der Waals surface area contributed by atoms with Crippen molar-refractivity contribution < 1.29 is 33.9 Å². The smallest absolute Gasteiger partial charge is 0.160 e. The van der Waals surface area contributed by atoms with E-state index in [0.717, 1.165) is 72.6 Å². The molecule has 0 spiro atoms. The summed E-state index contributed by atoms with van der Waals surface area (Å²) in [6.45, 7) is 10.2. The van der Waals surface area contributed by atoms with E-state index < -0.39 is 12.2 Å². The summed E-state index contributed by atoms with van der Waals surface area (Å²) in [5, 5.41) is 26.2. The fourth-order valence-electron chi connectivity index (χ4n) is 4.59. The maximum absolute atomic E-state index is 10.0. The molecule has 0 heterocycles. The number of rotatable bonds is 21. The van der Waals surface area contributed by atoms with Gasteiger partial charge >= 0.3 is 0 Å². The quantitative estimate of drug-likeness (QED) is 0.119. The molecule has 0 bridgehead atoms. The van der Waals surface area contributed by atoms with Crippen molar-refractivity contribution in [1.29, 1.82) is 0 Å². The van der Waals surface area contributed by atoms with Crippen molar-refractivity contribution in [2.75, 3.05) is 60.3 Å². The van der Waals surface area contributed by atoms with Gasteiger partial charge in [-0.15, -0.1) is 0 Å². The lowest BCUT2D eigenvalue weighted by Gasteiger charge is -2.15. The lowest BCUT2D eigenvalue weighted by atomic mass is 10.1. The van der Waals surface area contributed by atoms with Crippen molar-refractivity contribution in [3.05, 3.63) is 83.4 Å². The zero-order valence-corrected chi connectivity index (χ0v) is 28.9. The minimum Gasteiger partial charge on any atom is -0.493 e. The third-order valence-electron chi connectivity index (χ3n) is 7.56. The van der Waals surface area contributed by atoms with Crippen molar-refractivity contribution in [2.45, 2.75) is 64.7 Å². The Labute approximate surface area is 281 Å². The maximum atomic E-state index is 10.0. The summed E-state index contributed by atoms with van der Waals surface area (Å²) in [5.74, 6) is 3.86. The first-order valence-electron chi connectivity index (χ1n) is 16.8. The molecule has 4 rings (SSSR count). The minimum absolute atomic E-state index is 0.271. The van der Waals surface area contributed by atoms with Crippen LogP contribution in [0.25, 0.3) is 0 Å². The second kappa shape index (κ2) is 21.5. The van der Waals surface area contributed by atoms with E-state index in [9.17, 15) is 10.2 Å². The summed E-state index contributed by atoms with van der Waals surface area (Å²) < 4.78 is 27.4. The Kier molecular flexibility index (Phi) is 17.4. The molecule has 1 saturated carbocycles. The van der Waals surface area contributed by atoms with Crippen LogP contribution in [0.3, 0.4) is 0 Å². The number of hydrogen-bond acceptors (Lipinski definition) is 9. The van der Waals surface area contributed by atoms with Gasteiger partial charge in [-0.2, -0.15) is 0 Å². The SMILES string of the molecule is CC(C)NCC(O)COc1ccc(CCOCC2CC2)cc1.COc1ccc(CCNCC(O)COc2cccc(C)c2)cc1OC. The van der Waals surface area contributed by atoms with E-state index in [1.807, 2.05) is 61.5 Å². The molecule has 0 radical (unpaired) electrons. The second-order valence-electron chi connectivity index (χ2n) is 12.4. The Bertz CT molecular complexity index is 1270. The molecular weight excluding hydrogens is 596 g/mol. The summed E-state index contributed by atoms with van der Waals surface area (Å²) in [4.78, 5) is 0. The molecule has 9 nitrogen and oxygen atoms in total. The van der Waals surface area contributed by atoms with E-state index in [1.165, 1.54) is 18.4 Å². The van der Waals surface area contributed by atoms with Gasteiger partial charge in [-0.3, -0.25) is 0 Å². The molecule has 47 heavy (non-hydrogen) atoms. The Morgan fingerprint density at radius 2 is 1.45 bits per heavy atom. The minimum atomic E-state index is -0.550. The van der Waals surface area contributed by atoms with Crippen molar-refractivity contribution in [1.82, 2.24) is 10.6 Å². The normalized spacial score (nSPS) is 13.8. The zero-order chi connectivity index (χ0) is 33.9. The van der Waals surface area contributed by atoms with Crippen LogP contribution in [0.4, 0.5) is 0 Å². The van der Waals surface area contributed by atoms with Crippen LogP contribution < -0.4 is 29.6 Å². The molecular formula is C38H56N2O7. The number of hydrogen-bond donors (Lipinski definition) is 4. The highest BCUT2D eigenvalue weighted by Gasteiger charge is 2.20. The maximum Gasteiger partial charge on any atom is 0.160 e. The van der Waals surface area contributed by atoms with E-state index in [1.54, 1.807) is 14.2 Å². The molecule has 3 aromatic rings. The number of aliphatic hydroxyl groups is 2. The highest BCUT2D eigenvalue weighted by atomic mass is 16.5. The molecule has 2 unspecified atom stereocenters.